The lowest BCUT2D eigenvalue weighted by Crippen LogP contribution is -2.20. The highest BCUT2D eigenvalue weighted by Gasteiger charge is 2.30. The van der Waals surface area contributed by atoms with E-state index in [0.717, 1.165) is 35.5 Å². The molecule has 1 unspecified atom stereocenters. The van der Waals surface area contributed by atoms with Crippen molar-refractivity contribution in [3.8, 4) is 5.75 Å². The molecule has 138 valence electrons. The molecule has 0 radical (unpaired) electrons. The van der Waals surface area contributed by atoms with Crippen LogP contribution in [0.2, 0.25) is 0 Å². The summed E-state index contributed by atoms with van der Waals surface area (Å²) in [5.41, 5.74) is 2.48. The predicted octanol–water partition coefficient (Wildman–Crippen LogP) is 4.88. The van der Waals surface area contributed by atoms with Crippen molar-refractivity contribution in [3.05, 3.63) is 40.3 Å². The van der Waals surface area contributed by atoms with E-state index in [1.807, 2.05) is 6.92 Å². The number of nitrogens with one attached hydrogen (secondary N) is 2. The van der Waals surface area contributed by atoms with Gasteiger partial charge in [-0.2, -0.15) is 0 Å². The molecule has 0 saturated heterocycles. The number of aryl methyl sites for hydroxylation is 1. The predicted molar refractivity (Wildman–Crippen MR) is 110 cm³/mol. The Hall–Kier alpha value is -2.12. The fourth-order valence-electron chi connectivity index (χ4n) is 3.22. The number of aromatic hydroxyl groups is 1. The summed E-state index contributed by atoms with van der Waals surface area (Å²) in [5.74, 6) is 0.233. The number of phenols is 1. The number of rotatable bonds is 4. The lowest BCUT2D eigenvalue weighted by Gasteiger charge is -2.19. The number of thiophene rings is 1. The summed E-state index contributed by atoms with van der Waals surface area (Å²) >= 11 is 6.98. The lowest BCUT2D eigenvalue weighted by atomic mass is 9.86. The molecule has 0 aliphatic heterocycles. The summed E-state index contributed by atoms with van der Waals surface area (Å²) < 4.78 is 5.29. The van der Waals surface area contributed by atoms with Gasteiger partial charge in [0.05, 0.1) is 12.2 Å². The molecule has 5 nitrogen and oxygen atoms in total. The zero-order valence-corrected chi connectivity index (χ0v) is 16.4. The molecule has 7 heteroatoms. The molecule has 0 amide bonds. The number of hydrogen-bond acceptors (Lipinski definition) is 5. The van der Waals surface area contributed by atoms with Gasteiger partial charge in [-0.15, -0.1) is 11.3 Å². The van der Waals surface area contributed by atoms with Crippen molar-refractivity contribution in [1.29, 1.82) is 0 Å². The fourth-order valence-corrected chi connectivity index (χ4v) is 4.85. The van der Waals surface area contributed by atoms with Crippen molar-refractivity contribution in [2.45, 2.75) is 39.0 Å². The lowest BCUT2D eigenvalue weighted by molar-refractivity contribution is 0.0526. The Labute approximate surface area is 162 Å². The van der Waals surface area contributed by atoms with Crippen molar-refractivity contribution in [1.82, 2.24) is 0 Å². The van der Waals surface area contributed by atoms with E-state index in [0.29, 0.717) is 23.2 Å². The summed E-state index contributed by atoms with van der Waals surface area (Å²) in [6.07, 6.45) is 3.19. The van der Waals surface area contributed by atoms with Crippen LogP contribution in [0.15, 0.2) is 24.3 Å². The van der Waals surface area contributed by atoms with Crippen molar-refractivity contribution < 1.29 is 14.6 Å². The molecular weight excluding hydrogens is 368 g/mol. The molecule has 1 heterocycles. The first kappa shape index (κ1) is 18.7. The third-order valence-corrected chi connectivity index (χ3v) is 5.77. The summed E-state index contributed by atoms with van der Waals surface area (Å²) in [5, 5.41) is 16.7. The number of esters is 1. The van der Waals surface area contributed by atoms with Crippen LogP contribution in [0.25, 0.3) is 0 Å². The van der Waals surface area contributed by atoms with Gasteiger partial charge < -0.3 is 20.5 Å². The van der Waals surface area contributed by atoms with Gasteiger partial charge in [-0.3, -0.25) is 0 Å². The number of thiocarbonyl (C=S) groups is 1. The smallest absolute Gasteiger partial charge is 0.341 e. The average Bonchev–Trinajstić information content (AvgIpc) is 2.96. The summed E-state index contributed by atoms with van der Waals surface area (Å²) in [6, 6.07) is 6.63. The molecule has 0 bridgehead atoms. The van der Waals surface area contributed by atoms with Gasteiger partial charge in [0.15, 0.2) is 5.11 Å². The van der Waals surface area contributed by atoms with E-state index in [2.05, 4.69) is 17.6 Å². The van der Waals surface area contributed by atoms with E-state index < -0.39 is 0 Å². The molecule has 1 atom stereocenters. The van der Waals surface area contributed by atoms with Gasteiger partial charge in [0.25, 0.3) is 0 Å². The Morgan fingerprint density at radius 3 is 2.77 bits per heavy atom. The van der Waals surface area contributed by atoms with Gasteiger partial charge in [-0.25, -0.2) is 4.79 Å². The Balaban J connectivity index is 1.85. The summed E-state index contributed by atoms with van der Waals surface area (Å²) in [6.45, 7) is 4.31. The minimum atomic E-state index is -0.298. The number of hydrogen-bond donors (Lipinski definition) is 3. The highest BCUT2D eigenvalue weighted by Crippen LogP contribution is 2.43. The molecular formula is C19H22N2O3S2. The normalized spacial score (nSPS) is 15.8. The van der Waals surface area contributed by atoms with Crippen molar-refractivity contribution >= 4 is 45.3 Å². The maximum atomic E-state index is 12.6. The minimum absolute atomic E-state index is 0.193. The number of phenolic OH excluding ortho intramolecular Hbond substituents is 1. The Kier molecular flexibility index (Phi) is 5.78. The molecule has 0 spiro atoms. The zero-order chi connectivity index (χ0) is 18.7. The van der Waals surface area contributed by atoms with E-state index >= 15 is 0 Å². The number of benzene rings is 1. The van der Waals surface area contributed by atoms with Gasteiger partial charge in [0, 0.05) is 10.6 Å². The van der Waals surface area contributed by atoms with E-state index in [9.17, 15) is 9.90 Å². The molecule has 0 fully saturated rings. The molecule has 1 aliphatic rings. The van der Waals surface area contributed by atoms with Crippen molar-refractivity contribution in [2.24, 2.45) is 0 Å². The summed E-state index contributed by atoms with van der Waals surface area (Å²) in [4.78, 5) is 13.8. The second kappa shape index (κ2) is 8.05. The van der Waals surface area contributed by atoms with Crippen LogP contribution < -0.4 is 10.6 Å². The first-order valence-electron chi connectivity index (χ1n) is 8.69. The number of anilines is 2. The molecule has 1 aromatic heterocycles. The van der Waals surface area contributed by atoms with E-state index in [4.69, 9.17) is 17.0 Å². The maximum absolute atomic E-state index is 12.6. The summed E-state index contributed by atoms with van der Waals surface area (Å²) in [7, 11) is 0. The highest BCUT2D eigenvalue weighted by atomic mass is 32.1. The van der Waals surface area contributed by atoms with Gasteiger partial charge in [0.1, 0.15) is 10.8 Å². The molecule has 0 saturated carbocycles. The Morgan fingerprint density at radius 1 is 1.35 bits per heavy atom. The first-order chi connectivity index (χ1) is 12.5. The molecule has 2 aromatic rings. The van der Waals surface area contributed by atoms with E-state index in [1.54, 1.807) is 35.6 Å². The number of ether oxygens (including phenoxy) is 1. The SMILES string of the molecule is CCOC(=O)c1c(NC(=S)Nc2ccc(O)cc2)sc2c1C(C)CCC2. The van der Waals surface area contributed by atoms with E-state index in [1.165, 1.54) is 4.88 Å². The van der Waals surface area contributed by atoms with Gasteiger partial charge in [-0.05, 0) is 74.2 Å². The number of carbonyl (C=O) groups excluding carboxylic acids is 1. The maximum Gasteiger partial charge on any atom is 0.341 e. The van der Waals surface area contributed by atoms with Crippen LogP contribution in [0.3, 0.4) is 0 Å². The van der Waals surface area contributed by atoms with Crippen molar-refractivity contribution in [3.63, 3.8) is 0 Å². The highest BCUT2D eigenvalue weighted by molar-refractivity contribution is 7.80. The van der Waals surface area contributed by atoms with Crippen LogP contribution in [0, 0.1) is 0 Å². The quantitative estimate of drug-likeness (QED) is 0.393. The third kappa shape index (κ3) is 3.99. The van der Waals surface area contributed by atoms with Crippen LogP contribution in [-0.4, -0.2) is 22.8 Å². The third-order valence-electron chi connectivity index (χ3n) is 4.39. The Morgan fingerprint density at radius 2 is 2.08 bits per heavy atom. The molecule has 1 aliphatic carbocycles. The largest absolute Gasteiger partial charge is 0.508 e. The molecule has 1 aromatic carbocycles. The molecule has 26 heavy (non-hydrogen) atoms. The first-order valence-corrected chi connectivity index (χ1v) is 9.91. The topological polar surface area (TPSA) is 70.6 Å². The van der Waals surface area contributed by atoms with Gasteiger partial charge in [0.2, 0.25) is 0 Å². The second-order valence-corrected chi connectivity index (χ2v) is 7.80. The number of carbonyl (C=O) groups is 1. The van der Waals surface area contributed by atoms with E-state index in [-0.39, 0.29) is 11.7 Å². The standard InChI is InChI=1S/C19H22N2O3S2/c1-3-24-18(23)16-15-11(2)5-4-6-14(15)26-17(16)21-19(25)20-12-7-9-13(22)10-8-12/h7-11,22H,3-6H2,1-2H3,(H2,20,21,25). The van der Waals surface area contributed by atoms with Gasteiger partial charge in [-0.1, -0.05) is 6.92 Å². The Bertz CT molecular complexity index is 815. The van der Waals surface area contributed by atoms with Crippen LogP contribution >= 0.6 is 23.6 Å². The minimum Gasteiger partial charge on any atom is -0.508 e. The van der Waals surface area contributed by atoms with Crippen molar-refractivity contribution in [2.75, 3.05) is 17.2 Å². The van der Waals surface area contributed by atoms with Gasteiger partial charge >= 0.3 is 5.97 Å². The van der Waals surface area contributed by atoms with Crippen LogP contribution in [0.5, 0.6) is 5.75 Å². The fraction of sp³-hybridized carbons (Fsp3) is 0.368. The van der Waals surface area contributed by atoms with Crippen LogP contribution in [-0.2, 0) is 11.2 Å². The molecule has 3 N–H and O–H groups in total. The zero-order valence-electron chi connectivity index (χ0n) is 14.8. The number of fused-ring (bicyclic) bond motifs is 1. The average molecular weight is 391 g/mol. The second-order valence-electron chi connectivity index (χ2n) is 6.28. The van der Waals surface area contributed by atoms with Crippen LogP contribution in [0.4, 0.5) is 10.7 Å². The molecule has 3 rings (SSSR count). The van der Waals surface area contributed by atoms with Crippen LogP contribution in [0.1, 0.15) is 53.4 Å². The monoisotopic (exact) mass is 390 g/mol.